The molecule has 2 aromatic rings. The Bertz CT molecular complexity index is 734. The number of hydrogen-bond acceptors (Lipinski definition) is 6. The lowest BCUT2D eigenvalue weighted by Gasteiger charge is -2.05. The van der Waals surface area contributed by atoms with Crippen LogP contribution < -0.4 is 10.2 Å². The van der Waals surface area contributed by atoms with Crippen LogP contribution in [0.15, 0.2) is 41.5 Å². The third-order valence-electron chi connectivity index (χ3n) is 2.77. The van der Waals surface area contributed by atoms with Crippen molar-refractivity contribution in [3.8, 4) is 11.5 Å². The lowest BCUT2D eigenvalue weighted by molar-refractivity contribution is -0.386. The average Bonchev–Trinajstić information content (AvgIpc) is 2.50. The lowest BCUT2D eigenvalue weighted by Crippen LogP contribution is -1.96. The highest BCUT2D eigenvalue weighted by Crippen LogP contribution is 2.36. The third kappa shape index (κ3) is 3.44. The molecule has 2 N–H and O–H groups in total. The molecule has 0 spiro atoms. The second-order valence-electron chi connectivity index (χ2n) is 4.20. The quantitative estimate of drug-likeness (QED) is 0.499. The van der Waals surface area contributed by atoms with Crippen molar-refractivity contribution in [1.29, 1.82) is 0 Å². The van der Waals surface area contributed by atoms with Gasteiger partial charge >= 0.3 is 5.69 Å². The molecule has 0 unspecified atom stereocenters. The molecule has 0 aliphatic rings. The van der Waals surface area contributed by atoms with E-state index < -0.39 is 16.4 Å². The van der Waals surface area contributed by atoms with Crippen molar-refractivity contribution >= 4 is 29.2 Å². The van der Waals surface area contributed by atoms with E-state index in [1.165, 1.54) is 25.5 Å². The van der Waals surface area contributed by atoms with Crippen LogP contribution in [0.25, 0.3) is 0 Å². The standard InChI is InChI=1S/C14H12ClN3O4/c1-22-13-7-9(6-12(14(13)19)18(20)21)8-16-17-11-5-3-2-4-10(11)15/h2-8,17,19H,1H3/b16-8-. The number of halogens is 1. The fourth-order valence-electron chi connectivity index (χ4n) is 1.71. The maximum atomic E-state index is 10.9. The molecule has 0 amide bonds. The van der Waals surface area contributed by atoms with Crippen LogP contribution in [0.5, 0.6) is 11.5 Å². The molecule has 114 valence electrons. The lowest BCUT2D eigenvalue weighted by atomic mass is 10.2. The van der Waals surface area contributed by atoms with Gasteiger partial charge in [0.25, 0.3) is 0 Å². The predicted octanol–water partition coefficient (Wildman–Crippen LogP) is 3.41. The van der Waals surface area contributed by atoms with Gasteiger partial charge in [0.05, 0.1) is 29.0 Å². The van der Waals surface area contributed by atoms with Crippen LogP contribution >= 0.6 is 11.6 Å². The van der Waals surface area contributed by atoms with Crippen molar-refractivity contribution in [2.24, 2.45) is 5.10 Å². The number of phenolic OH excluding ortho intramolecular Hbond substituents is 1. The highest BCUT2D eigenvalue weighted by Gasteiger charge is 2.19. The summed E-state index contributed by atoms with van der Waals surface area (Å²) >= 11 is 5.96. The van der Waals surface area contributed by atoms with Crippen LogP contribution in [0.4, 0.5) is 11.4 Å². The molecule has 7 nitrogen and oxygen atoms in total. The Balaban J connectivity index is 2.26. The Morgan fingerprint density at radius 2 is 2.14 bits per heavy atom. The molecular weight excluding hydrogens is 310 g/mol. The van der Waals surface area contributed by atoms with Gasteiger partial charge in [-0.1, -0.05) is 23.7 Å². The molecule has 0 aromatic heterocycles. The maximum absolute atomic E-state index is 10.9. The van der Waals surface area contributed by atoms with Gasteiger partial charge in [-0.3, -0.25) is 15.5 Å². The molecule has 0 saturated carbocycles. The molecule has 0 aliphatic carbocycles. The minimum atomic E-state index is -0.698. The van der Waals surface area contributed by atoms with E-state index in [1.54, 1.807) is 24.3 Å². The molecule has 22 heavy (non-hydrogen) atoms. The number of rotatable bonds is 5. The van der Waals surface area contributed by atoms with Gasteiger partial charge in [-0.05, 0) is 18.2 Å². The Hall–Kier alpha value is -2.80. The predicted molar refractivity (Wildman–Crippen MR) is 84.0 cm³/mol. The molecule has 0 saturated heterocycles. The van der Waals surface area contributed by atoms with Crippen LogP contribution in [0.3, 0.4) is 0 Å². The van der Waals surface area contributed by atoms with Crippen molar-refractivity contribution in [3.05, 3.63) is 57.1 Å². The summed E-state index contributed by atoms with van der Waals surface area (Å²) in [6, 6.07) is 9.63. The summed E-state index contributed by atoms with van der Waals surface area (Å²) in [5.74, 6) is -0.530. The number of hydrogen-bond donors (Lipinski definition) is 2. The molecule has 0 radical (unpaired) electrons. The fraction of sp³-hybridized carbons (Fsp3) is 0.0714. The van der Waals surface area contributed by atoms with E-state index in [2.05, 4.69) is 10.5 Å². The van der Waals surface area contributed by atoms with E-state index in [0.717, 1.165) is 0 Å². The van der Waals surface area contributed by atoms with E-state index in [1.807, 2.05) is 0 Å². The van der Waals surface area contributed by atoms with Crippen molar-refractivity contribution in [2.45, 2.75) is 0 Å². The molecule has 0 bridgehead atoms. The van der Waals surface area contributed by atoms with E-state index in [-0.39, 0.29) is 5.75 Å². The van der Waals surface area contributed by atoms with Gasteiger partial charge < -0.3 is 9.84 Å². The number of hydrazone groups is 1. The summed E-state index contributed by atoms with van der Waals surface area (Å²) in [5, 5.41) is 25.0. The maximum Gasteiger partial charge on any atom is 0.315 e. The first kappa shape index (κ1) is 15.6. The Kier molecular flexibility index (Phi) is 4.80. The molecular formula is C14H12ClN3O4. The van der Waals surface area contributed by atoms with Crippen LogP contribution in [0, 0.1) is 10.1 Å². The molecule has 8 heteroatoms. The van der Waals surface area contributed by atoms with Gasteiger partial charge in [0.1, 0.15) is 0 Å². The summed E-state index contributed by atoms with van der Waals surface area (Å²) < 4.78 is 4.90. The van der Waals surface area contributed by atoms with Gasteiger partial charge in [-0.2, -0.15) is 5.10 Å². The monoisotopic (exact) mass is 321 g/mol. The van der Waals surface area contributed by atoms with Gasteiger partial charge in [-0.25, -0.2) is 0 Å². The number of phenols is 1. The summed E-state index contributed by atoms with van der Waals surface area (Å²) in [6.07, 6.45) is 1.36. The summed E-state index contributed by atoms with van der Waals surface area (Å²) in [7, 11) is 1.31. The van der Waals surface area contributed by atoms with Crippen LogP contribution in [-0.2, 0) is 0 Å². The van der Waals surface area contributed by atoms with Gasteiger partial charge in [0.2, 0.25) is 5.75 Å². The van der Waals surface area contributed by atoms with Crippen molar-refractivity contribution in [3.63, 3.8) is 0 Å². The minimum absolute atomic E-state index is 0.00612. The number of nitrogens with zero attached hydrogens (tertiary/aromatic N) is 2. The number of benzene rings is 2. The summed E-state index contributed by atoms with van der Waals surface area (Å²) in [6.45, 7) is 0. The zero-order chi connectivity index (χ0) is 16.1. The second kappa shape index (κ2) is 6.77. The Labute approximate surface area is 130 Å². The van der Waals surface area contributed by atoms with Gasteiger partial charge in [0.15, 0.2) is 5.75 Å². The number of para-hydroxylation sites is 1. The van der Waals surface area contributed by atoms with Gasteiger partial charge in [-0.15, -0.1) is 0 Å². The smallest absolute Gasteiger partial charge is 0.315 e. The zero-order valence-electron chi connectivity index (χ0n) is 11.5. The fourth-order valence-corrected chi connectivity index (χ4v) is 1.89. The second-order valence-corrected chi connectivity index (χ2v) is 4.61. The number of nitro benzene ring substituents is 1. The first-order valence-corrected chi connectivity index (χ1v) is 6.49. The summed E-state index contributed by atoms with van der Waals surface area (Å²) in [4.78, 5) is 10.2. The molecule has 0 heterocycles. The van der Waals surface area contributed by atoms with E-state index in [9.17, 15) is 15.2 Å². The highest BCUT2D eigenvalue weighted by atomic mass is 35.5. The molecule has 0 fully saturated rings. The molecule has 0 aliphatic heterocycles. The Morgan fingerprint density at radius 1 is 1.41 bits per heavy atom. The topological polar surface area (TPSA) is 97.0 Å². The van der Waals surface area contributed by atoms with E-state index in [4.69, 9.17) is 16.3 Å². The number of aromatic hydroxyl groups is 1. The van der Waals surface area contributed by atoms with Crippen molar-refractivity contribution in [1.82, 2.24) is 0 Å². The number of ether oxygens (including phenoxy) is 1. The first-order valence-electron chi connectivity index (χ1n) is 6.12. The number of nitrogens with one attached hydrogen (secondary N) is 1. The zero-order valence-corrected chi connectivity index (χ0v) is 12.2. The Morgan fingerprint density at radius 3 is 2.77 bits per heavy atom. The highest BCUT2D eigenvalue weighted by molar-refractivity contribution is 6.33. The van der Waals surface area contributed by atoms with Crippen LogP contribution in [-0.4, -0.2) is 23.4 Å². The van der Waals surface area contributed by atoms with Crippen LogP contribution in [0.1, 0.15) is 5.56 Å². The minimum Gasteiger partial charge on any atom is -0.500 e. The molecule has 0 atom stereocenters. The number of methoxy groups -OCH3 is 1. The van der Waals surface area contributed by atoms with E-state index in [0.29, 0.717) is 16.3 Å². The SMILES string of the molecule is COc1cc(/C=N\Nc2ccccc2Cl)cc([N+](=O)[O-])c1O. The van der Waals surface area contributed by atoms with Crippen LogP contribution in [0.2, 0.25) is 5.02 Å². The normalized spacial score (nSPS) is 10.6. The largest absolute Gasteiger partial charge is 0.500 e. The summed E-state index contributed by atoms with van der Waals surface area (Å²) in [5.41, 5.74) is 3.25. The molecule has 2 aromatic carbocycles. The van der Waals surface area contributed by atoms with Gasteiger partial charge in [0, 0.05) is 11.6 Å². The van der Waals surface area contributed by atoms with Crippen molar-refractivity contribution in [2.75, 3.05) is 12.5 Å². The number of nitro groups is 1. The van der Waals surface area contributed by atoms with Crippen molar-refractivity contribution < 1.29 is 14.8 Å². The average molecular weight is 322 g/mol. The first-order chi connectivity index (χ1) is 10.5. The van der Waals surface area contributed by atoms with E-state index >= 15 is 0 Å². The third-order valence-corrected chi connectivity index (χ3v) is 3.10. The number of anilines is 1. The molecule has 2 rings (SSSR count).